The van der Waals surface area contributed by atoms with Crippen LogP contribution in [-0.4, -0.2) is 17.4 Å². The highest BCUT2D eigenvalue weighted by atomic mass is 79.9. The smallest absolute Gasteiger partial charge is 0.162 e. The van der Waals surface area contributed by atoms with Crippen molar-refractivity contribution >= 4 is 21.6 Å². The van der Waals surface area contributed by atoms with Crippen LogP contribution in [0.3, 0.4) is 0 Å². The minimum atomic E-state index is -0.387. The molecule has 0 bridgehead atoms. The normalized spacial score (nSPS) is 18.5. The van der Waals surface area contributed by atoms with Crippen LogP contribution < -0.4 is 10.1 Å². The molecule has 4 nitrogen and oxygen atoms in total. The predicted octanol–water partition coefficient (Wildman–Crippen LogP) is 6.22. The minimum Gasteiger partial charge on any atom is -0.504 e. The van der Waals surface area contributed by atoms with Crippen molar-refractivity contribution in [1.82, 2.24) is 5.32 Å². The van der Waals surface area contributed by atoms with E-state index in [-0.39, 0.29) is 23.8 Å². The first-order valence-corrected chi connectivity index (χ1v) is 11.0. The molecule has 0 unspecified atom stereocenters. The number of aromatic hydroxyl groups is 1. The van der Waals surface area contributed by atoms with Gasteiger partial charge in [0.2, 0.25) is 0 Å². The lowest BCUT2D eigenvalue weighted by molar-refractivity contribution is 0.313. The molecular formula is C25H24BrFN2O2. The number of hydrogen-bond donors (Lipinski definition) is 2. The van der Waals surface area contributed by atoms with Gasteiger partial charge in [-0.2, -0.15) is 0 Å². The van der Waals surface area contributed by atoms with Gasteiger partial charge in [0.25, 0.3) is 0 Å². The van der Waals surface area contributed by atoms with Crippen LogP contribution in [0, 0.1) is 12.7 Å². The molecule has 3 aromatic rings. The van der Waals surface area contributed by atoms with Crippen molar-refractivity contribution in [2.24, 2.45) is 4.99 Å². The molecule has 0 fully saturated rings. The van der Waals surface area contributed by atoms with Gasteiger partial charge < -0.3 is 9.84 Å². The topological polar surface area (TPSA) is 53.8 Å². The van der Waals surface area contributed by atoms with E-state index in [0.29, 0.717) is 23.2 Å². The average Bonchev–Trinajstić information content (AvgIpc) is 2.77. The van der Waals surface area contributed by atoms with Crippen LogP contribution in [0.4, 0.5) is 4.39 Å². The fourth-order valence-corrected chi connectivity index (χ4v) is 4.17. The number of para-hydroxylation sites is 1. The van der Waals surface area contributed by atoms with Gasteiger partial charge in [0.1, 0.15) is 12.0 Å². The molecule has 0 saturated heterocycles. The quantitative estimate of drug-likeness (QED) is 0.453. The molecule has 0 amide bonds. The number of aryl methyl sites for hydroxylation is 1. The maximum Gasteiger partial charge on any atom is 0.162 e. The highest BCUT2D eigenvalue weighted by molar-refractivity contribution is 9.10. The standard InChI is InChI=1S/C25H24BrFN2O2/c1-3-31-23-6-4-5-18(24(23)30)22-14-21(16-9-7-15(2)8-10-16)28-25(29-22)17-11-12-20(27)19(26)13-17/h4-13,22,25,29-30H,3,14H2,1-2H3/t22-,25-/m0/s1. The van der Waals surface area contributed by atoms with E-state index in [0.717, 1.165) is 22.4 Å². The number of phenols is 1. The highest BCUT2D eigenvalue weighted by Crippen LogP contribution is 2.39. The van der Waals surface area contributed by atoms with E-state index in [1.165, 1.54) is 11.6 Å². The summed E-state index contributed by atoms with van der Waals surface area (Å²) in [5.74, 6) is 0.272. The third-order valence-electron chi connectivity index (χ3n) is 5.39. The monoisotopic (exact) mass is 482 g/mol. The van der Waals surface area contributed by atoms with Gasteiger partial charge in [-0.25, -0.2) is 4.39 Å². The van der Waals surface area contributed by atoms with Gasteiger partial charge in [0.05, 0.1) is 11.1 Å². The molecule has 0 radical (unpaired) electrons. The summed E-state index contributed by atoms with van der Waals surface area (Å²) in [6.07, 6.45) is 0.215. The van der Waals surface area contributed by atoms with Crippen molar-refractivity contribution in [3.05, 3.63) is 93.2 Å². The van der Waals surface area contributed by atoms with Crippen molar-refractivity contribution in [3.63, 3.8) is 0 Å². The summed E-state index contributed by atoms with van der Waals surface area (Å²) >= 11 is 3.27. The molecule has 3 aromatic carbocycles. The van der Waals surface area contributed by atoms with Gasteiger partial charge in [-0.3, -0.25) is 10.3 Å². The third kappa shape index (κ3) is 4.65. The number of phenolic OH excluding ortho intramolecular Hbond substituents is 1. The molecule has 31 heavy (non-hydrogen) atoms. The van der Waals surface area contributed by atoms with Gasteiger partial charge in [-0.15, -0.1) is 0 Å². The number of nitrogens with one attached hydrogen (secondary N) is 1. The zero-order valence-corrected chi connectivity index (χ0v) is 19.0. The second kappa shape index (κ2) is 9.20. The Balaban J connectivity index is 1.76. The molecule has 4 rings (SSSR count). The molecule has 0 spiro atoms. The van der Waals surface area contributed by atoms with E-state index in [1.54, 1.807) is 18.2 Å². The summed E-state index contributed by atoms with van der Waals surface area (Å²) in [7, 11) is 0. The van der Waals surface area contributed by atoms with Crippen molar-refractivity contribution in [2.75, 3.05) is 6.61 Å². The summed E-state index contributed by atoms with van der Waals surface area (Å²) in [6, 6.07) is 18.5. The summed E-state index contributed by atoms with van der Waals surface area (Å²) in [6.45, 7) is 4.40. The number of aliphatic imine (C=N–C) groups is 1. The number of rotatable bonds is 5. The van der Waals surface area contributed by atoms with Crippen LogP contribution in [0.15, 0.2) is 70.1 Å². The Bertz CT molecular complexity index is 1120. The maximum absolute atomic E-state index is 13.8. The van der Waals surface area contributed by atoms with Crippen molar-refractivity contribution in [2.45, 2.75) is 32.5 Å². The number of ether oxygens (including phenoxy) is 1. The molecule has 1 aliphatic rings. The van der Waals surface area contributed by atoms with Crippen molar-refractivity contribution in [3.8, 4) is 11.5 Å². The number of hydrogen-bond acceptors (Lipinski definition) is 4. The van der Waals surface area contributed by atoms with Crippen molar-refractivity contribution < 1.29 is 14.2 Å². The first-order valence-electron chi connectivity index (χ1n) is 10.3. The van der Waals surface area contributed by atoms with E-state index in [1.807, 2.05) is 26.0 Å². The van der Waals surface area contributed by atoms with Crippen LogP contribution in [0.2, 0.25) is 0 Å². The lowest BCUT2D eigenvalue weighted by Gasteiger charge is -2.31. The maximum atomic E-state index is 13.8. The Hall–Kier alpha value is -2.70. The fraction of sp³-hybridized carbons (Fsp3) is 0.240. The van der Waals surface area contributed by atoms with Gasteiger partial charge in [0, 0.05) is 23.7 Å². The second-order valence-electron chi connectivity index (χ2n) is 7.57. The highest BCUT2D eigenvalue weighted by Gasteiger charge is 2.28. The molecule has 160 valence electrons. The molecular weight excluding hydrogens is 459 g/mol. The zero-order valence-electron chi connectivity index (χ0n) is 17.4. The summed E-state index contributed by atoms with van der Waals surface area (Å²) < 4.78 is 19.8. The fourth-order valence-electron chi connectivity index (χ4n) is 3.77. The van der Waals surface area contributed by atoms with Crippen LogP contribution in [-0.2, 0) is 0 Å². The first-order chi connectivity index (χ1) is 15.0. The van der Waals surface area contributed by atoms with Crippen LogP contribution in [0.25, 0.3) is 0 Å². The Morgan fingerprint density at radius 2 is 1.94 bits per heavy atom. The van der Waals surface area contributed by atoms with E-state index in [4.69, 9.17) is 9.73 Å². The molecule has 2 N–H and O–H groups in total. The lowest BCUT2D eigenvalue weighted by atomic mass is 9.93. The molecule has 2 atom stereocenters. The van der Waals surface area contributed by atoms with Gasteiger partial charge in [0.15, 0.2) is 11.5 Å². The van der Waals surface area contributed by atoms with Crippen molar-refractivity contribution in [1.29, 1.82) is 0 Å². The predicted molar refractivity (Wildman–Crippen MR) is 124 cm³/mol. The van der Waals surface area contributed by atoms with Crippen LogP contribution in [0.5, 0.6) is 11.5 Å². The SMILES string of the molecule is CCOc1cccc([C@@H]2CC(c3ccc(C)cc3)=N[C@H](c3ccc(F)c(Br)c3)N2)c1O. The molecule has 1 heterocycles. The van der Waals surface area contributed by atoms with E-state index in [2.05, 4.69) is 45.5 Å². The zero-order chi connectivity index (χ0) is 22.0. The van der Waals surface area contributed by atoms with Gasteiger partial charge >= 0.3 is 0 Å². The summed E-state index contributed by atoms with van der Waals surface area (Å²) in [5.41, 5.74) is 4.72. The average molecular weight is 483 g/mol. The number of halogens is 2. The largest absolute Gasteiger partial charge is 0.504 e. The summed E-state index contributed by atoms with van der Waals surface area (Å²) in [5, 5.41) is 14.3. The Morgan fingerprint density at radius 1 is 1.16 bits per heavy atom. The van der Waals surface area contributed by atoms with E-state index < -0.39 is 0 Å². The molecule has 0 aromatic heterocycles. The Labute approximate surface area is 189 Å². The number of nitrogens with zero attached hydrogens (tertiary/aromatic N) is 1. The molecule has 0 saturated carbocycles. The molecule has 1 aliphatic heterocycles. The van der Waals surface area contributed by atoms with Crippen LogP contribution in [0.1, 0.15) is 47.8 Å². The third-order valence-corrected chi connectivity index (χ3v) is 6.00. The van der Waals surface area contributed by atoms with Gasteiger partial charge in [-0.1, -0.05) is 48.0 Å². The van der Waals surface area contributed by atoms with E-state index >= 15 is 0 Å². The Morgan fingerprint density at radius 3 is 2.65 bits per heavy atom. The van der Waals surface area contributed by atoms with Crippen LogP contribution >= 0.6 is 15.9 Å². The lowest BCUT2D eigenvalue weighted by Crippen LogP contribution is -2.33. The second-order valence-corrected chi connectivity index (χ2v) is 8.42. The summed E-state index contributed by atoms with van der Waals surface area (Å²) in [4.78, 5) is 4.94. The minimum absolute atomic E-state index is 0.131. The molecule has 0 aliphatic carbocycles. The Kier molecular flexibility index (Phi) is 6.39. The van der Waals surface area contributed by atoms with E-state index in [9.17, 15) is 9.50 Å². The first kappa shape index (κ1) is 21.5. The number of benzene rings is 3. The van der Waals surface area contributed by atoms with Gasteiger partial charge in [-0.05, 0) is 59.1 Å². The molecule has 6 heteroatoms.